The average molecular weight is 166 g/mol. The van der Waals surface area contributed by atoms with E-state index in [9.17, 15) is 4.79 Å². The molecule has 1 aromatic rings. The van der Waals surface area contributed by atoms with Gasteiger partial charge in [-0.2, -0.15) is 0 Å². The molecule has 0 atom stereocenters. The normalized spacial score (nSPS) is 9.42. The molecule has 0 unspecified atom stereocenters. The number of aliphatic carboxylic acids is 1. The van der Waals surface area contributed by atoms with E-state index in [0.717, 1.165) is 11.4 Å². The quantitative estimate of drug-likeness (QED) is 0.699. The second-order valence-corrected chi connectivity index (χ2v) is 2.38. The van der Waals surface area contributed by atoms with E-state index in [1.165, 1.54) is 0 Å². The highest BCUT2D eigenvalue weighted by molar-refractivity contribution is 5.72. The van der Waals surface area contributed by atoms with Crippen LogP contribution in [0.2, 0.25) is 0 Å². The fourth-order valence-electron chi connectivity index (χ4n) is 0.842. The third-order valence-electron chi connectivity index (χ3n) is 1.44. The molecule has 2 N–H and O–H groups in total. The fraction of sp³-hybridized carbons (Fsp3) is 0.250. The van der Waals surface area contributed by atoms with Crippen LogP contribution in [0.15, 0.2) is 18.3 Å². The molecule has 4 nitrogen and oxygen atoms in total. The topological polar surface area (TPSA) is 62.2 Å². The fourth-order valence-corrected chi connectivity index (χ4v) is 0.842. The lowest BCUT2D eigenvalue weighted by atomic mass is 10.3. The largest absolute Gasteiger partial charge is 0.480 e. The summed E-state index contributed by atoms with van der Waals surface area (Å²) in [5.74, 6) is -0.877. The summed E-state index contributed by atoms with van der Waals surface area (Å²) >= 11 is 0. The first-order chi connectivity index (χ1) is 5.70. The summed E-state index contributed by atoms with van der Waals surface area (Å²) in [5, 5.41) is 11.1. The van der Waals surface area contributed by atoms with E-state index in [1.807, 2.05) is 6.92 Å². The molecule has 0 aliphatic rings. The predicted octanol–water partition coefficient (Wildman–Crippen LogP) is 0.887. The number of carbonyl (C=O) groups is 1. The van der Waals surface area contributed by atoms with Crippen molar-refractivity contribution in [3.63, 3.8) is 0 Å². The van der Waals surface area contributed by atoms with E-state index in [-0.39, 0.29) is 6.54 Å². The van der Waals surface area contributed by atoms with Crippen LogP contribution in [0.4, 0.5) is 5.69 Å². The Balaban J connectivity index is 2.63. The van der Waals surface area contributed by atoms with Gasteiger partial charge < -0.3 is 10.4 Å². The average Bonchev–Trinajstić information content (AvgIpc) is 2.03. The van der Waals surface area contributed by atoms with Crippen molar-refractivity contribution in [3.8, 4) is 0 Å². The van der Waals surface area contributed by atoms with E-state index >= 15 is 0 Å². The molecule has 4 heteroatoms. The molecule has 0 bridgehead atoms. The summed E-state index contributed by atoms with van der Waals surface area (Å²) in [6.07, 6.45) is 1.67. The zero-order chi connectivity index (χ0) is 8.97. The van der Waals surface area contributed by atoms with Crippen molar-refractivity contribution in [3.05, 3.63) is 24.0 Å². The molecule has 0 saturated carbocycles. The number of aryl methyl sites for hydroxylation is 1. The van der Waals surface area contributed by atoms with Crippen molar-refractivity contribution < 1.29 is 9.90 Å². The minimum atomic E-state index is -0.877. The summed E-state index contributed by atoms with van der Waals surface area (Å²) < 4.78 is 0. The van der Waals surface area contributed by atoms with Gasteiger partial charge in [0.25, 0.3) is 0 Å². The molecule has 0 saturated heterocycles. The molecule has 1 rings (SSSR count). The summed E-state index contributed by atoms with van der Waals surface area (Å²) in [5.41, 5.74) is 1.57. The van der Waals surface area contributed by atoms with Crippen molar-refractivity contribution in [2.75, 3.05) is 11.9 Å². The van der Waals surface area contributed by atoms with Crippen molar-refractivity contribution in [1.29, 1.82) is 0 Å². The molecule has 0 aromatic carbocycles. The van der Waals surface area contributed by atoms with Crippen molar-refractivity contribution in [2.24, 2.45) is 0 Å². The van der Waals surface area contributed by atoms with Crippen LogP contribution in [0.3, 0.4) is 0 Å². The van der Waals surface area contributed by atoms with Crippen LogP contribution in [0.1, 0.15) is 5.69 Å². The molecule has 0 amide bonds. The van der Waals surface area contributed by atoms with Gasteiger partial charge in [0.05, 0.1) is 11.4 Å². The van der Waals surface area contributed by atoms with E-state index < -0.39 is 5.97 Å². The molecule has 1 aromatic heterocycles. The maximum atomic E-state index is 10.2. The summed E-state index contributed by atoms with van der Waals surface area (Å²) in [4.78, 5) is 14.2. The Morgan fingerprint density at radius 1 is 1.75 bits per heavy atom. The highest BCUT2D eigenvalue weighted by Crippen LogP contribution is 2.08. The number of rotatable bonds is 3. The van der Waals surface area contributed by atoms with Crippen molar-refractivity contribution in [1.82, 2.24) is 4.98 Å². The zero-order valence-electron chi connectivity index (χ0n) is 6.74. The smallest absolute Gasteiger partial charge is 0.322 e. The van der Waals surface area contributed by atoms with E-state index in [0.29, 0.717) is 0 Å². The van der Waals surface area contributed by atoms with E-state index in [4.69, 9.17) is 5.11 Å². The minimum absolute atomic E-state index is 0.0769. The highest BCUT2D eigenvalue weighted by atomic mass is 16.4. The second-order valence-electron chi connectivity index (χ2n) is 2.38. The second kappa shape index (κ2) is 3.71. The SMILES string of the molecule is Cc1ncccc1NCC(=O)O. The van der Waals surface area contributed by atoms with Gasteiger partial charge >= 0.3 is 5.97 Å². The van der Waals surface area contributed by atoms with Crippen LogP contribution in [0, 0.1) is 6.92 Å². The molecular formula is C8H10N2O2. The molecule has 64 valence electrons. The van der Waals surface area contributed by atoms with Crippen LogP contribution >= 0.6 is 0 Å². The Bertz CT molecular complexity index is 286. The molecule has 0 aliphatic carbocycles. The molecule has 12 heavy (non-hydrogen) atoms. The van der Waals surface area contributed by atoms with Gasteiger partial charge in [-0.25, -0.2) is 0 Å². The van der Waals surface area contributed by atoms with Gasteiger partial charge in [-0.3, -0.25) is 9.78 Å². The Morgan fingerprint density at radius 3 is 3.08 bits per heavy atom. The number of anilines is 1. The van der Waals surface area contributed by atoms with Crippen LogP contribution in [0.25, 0.3) is 0 Å². The van der Waals surface area contributed by atoms with Crippen LogP contribution < -0.4 is 5.32 Å². The third-order valence-corrected chi connectivity index (χ3v) is 1.44. The lowest BCUT2D eigenvalue weighted by Crippen LogP contribution is -2.13. The number of pyridine rings is 1. The Morgan fingerprint density at radius 2 is 2.50 bits per heavy atom. The van der Waals surface area contributed by atoms with Gasteiger partial charge in [0.15, 0.2) is 0 Å². The van der Waals surface area contributed by atoms with Crippen molar-refractivity contribution >= 4 is 11.7 Å². The summed E-state index contributed by atoms with van der Waals surface area (Å²) in [6, 6.07) is 3.56. The van der Waals surface area contributed by atoms with Gasteiger partial charge in [0.1, 0.15) is 6.54 Å². The first-order valence-electron chi connectivity index (χ1n) is 3.57. The van der Waals surface area contributed by atoms with Gasteiger partial charge in [-0.15, -0.1) is 0 Å². The maximum Gasteiger partial charge on any atom is 0.322 e. The number of hydrogen-bond acceptors (Lipinski definition) is 3. The number of hydrogen-bond donors (Lipinski definition) is 2. The van der Waals surface area contributed by atoms with Crippen LogP contribution in [-0.4, -0.2) is 22.6 Å². The molecule has 0 fully saturated rings. The van der Waals surface area contributed by atoms with Gasteiger partial charge in [0, 0.05) is 6.20 Å². The van der Waals surface area contributed by atoms with Gasteiger partial charge in [0.2, 0.25) is 0 Å². The Hall–Kier alpha value is -1.58. The molecular weight excluding hydrogens is 156 g/mol. The van der Waals surface area contributed by atoms with Gasteiger partial charge in [-0.05, 0) is 19.1 Å². The Kier molecular flexibility index (Phi) is 2.63. The maximum absolute atomic E-state index is 10.2. The number of carboxylic acids is 1. The lowest BCUT2D eigenvalue weighted by Gasteiger charge is -2.04. The summed E-state index contributed by atoms with van der Waals surface area (Å²) in [6.45, 7) is 1.75. The lowest BCUT2D eigenvalue weighted by molar-refractivity contribution is -0.134. The number of nitrogens with one attached hydrogen (secondary N) is 1. The van der Waals surface area contributed by atoms with Gasteiger partial charge in [-0.1, -0.05) is 0 Å². The first kappa shape index (κ1) is 8.52. The monoisotopic (exact) mass is 166 g/mol. The summed E-state index contributed by atoms with van der Waals surface area (Å²) in [7, 11) is 0. The standard InChI is InChI=1S/C8H10N2O2/c1-6-7(3-2-4-9-6)10-5-8(11)12/h2-4,10H,5H2,1H3,(H,11,12). The first-order valence-corrected chi connectivity index (χ1v) is 3.57. The van der Waals surface area contributed by atoms with Crippen molar-refractivity contribution in [2.45, 2.75) is 6.92 Å². The van der Waals surface area contributed by atoms with Crippen LogP contribution in [0.5, 0.6) is 0 Å². The zero-order valence-corrected chi connectivity index (χ0v) is 6.74. The molecule has 0 spiro atoms. The highest BCUT2D eigenvalue weighted by Gasteiger charge is 1.99. The van der Waals surface area contributed by atoms with E-state index in [1.54, 1.807) is 18.3 Å². The van der Waals surface area contributed by atoms with Crippen LogP contribution in [-0.2, 0) is 4.79 Å². The Labute approximate surface area is 70.3 Å². The molecule has 0 aliphatic heterocycles. The third kappa shape index (κ3) is 2.23. The molecule has 0 radical (unpaired) electrons. The minimum Gasteiger partial charge on any atom is -0.480 e. The number of carboxylic acid groups (broad SMARTS) is 1. The van der Waals surface area contributed by atoms with E-state index in [2.05, 4.69) is 10.3 Å². The predicted molar refractivity (Wildman–Crippen MR) is 45.1 cm³/mol. The number of aromatic nitrogens is 1. The number of nitrogens with zero attached hydrogens (tertiary/aromatic N) is 1. The molecule has 1 heterocycles.